The number of hydrogen-bond acceptors (Lipinski definition) is 6. The van der Waals surface area contributed by atoms with Crippen LogP contribution in [0.1, 0.15) is 15.5 Å². The number of carbonyl (C=O) groups excluding carboxylic acids is 1. The Morgan fingerprint density at radius 1 is 1.29 bits per heavy atom. The second kappa shape index (κ2) is 5.70. The summed E-state index contributed by atoms with van der Waals surface area (Å²) in [4.78, 5) is 12.1. The molecule has 1 amide bonds. The highest BCUT2D eigenvalue weighted by atomic mass is 79.9. The maximum Gasteiger partial charge on any atom is 0.279 e. The Hall–Kier alpha value is -2.13. The van der Waals surface area contributed by atoms with Crippen molar-refractivity contribution >= 4 is 38.3 Å². The highest BCUT2D eigenvalue weighted by molar-refractivity contribution is 9.10. The molecule has 0 saturated carbocycles. The molecule has 3 aromatic rings. The second-order valence-electron chi connectivity index (χ2n) is 4.08. The summed E-state index contributed by atoms with van der Waals surface area (Å²) >= 11 is 4.73. The molecule has 21 heavy (non-hydrogen) atoms. The van der Waals surface area contributed by atoms with Crippen molar-refractivity contribution < 1.29 is 4.79 Å². The van der Waals surface area contributed by atoms with Gasteiger partial charge in [-0.3, -0.25) is 10.1 Å². The highest BCUT2D eigenvalue weighted by Crippen LogP contribution is 2.20. The van der Waals surface area contributed by atoms with E-state index in [0.29, 0.717) is 5.13 Å². The number of aryl methyl sites for hydroxylation is 1. The summed E-state index contributed by atoms with van der Waals surface area (Å²) in [5.41, 5.74) is 1.01. The molecule has 0 unspecified atom stereocenters. The molecule has 0 fully saturated rings. The Labute approximate surface area is 132 Å². The van der Waals surface area contributed by atoms with Gasteiger partial charge in [0.05, 0.1) is 11.9 Å². The van der Waals surface area contributed by atoms with Crippen molar-refractivity contribution in [3.63, 3.8) is 0 Å². The summed E-state index contributed by atoms with van der Waals surface area (Å²) in [6, 6.07) is 7.54. The lowest BCUT2D eigenvalue weighted by Crippen LogP contribution is -2.12. The number of benzene rings is 1. The Bertz CT molecular complexity index is 798. The van der Waals surface area contributed by atoms with Crippen LogP contribution in [0.5, 0.6) is 0 Å². The average Bonchev–Trinajstić information content (AvgIpc) is 3.09. The third kappa shape index (κ3) is 2.98. The average molecular weight is 365 g/mol. The van der Waals surface area contributed by atoms with Crippen molar-refractivity contribution in [2.75, 3.05) is 5.32 Å². The third-order valence-electron chi connectivity index (χ3n) is 2.57. The number of carbonyl (C=O) groups is 1. The van der Waals surface area contributed by atoms with E-state index in [-0.39, 0.29) is 11.6 Å². The predicted molar refractivity (Wildman–Crippen MR) is 81.7 cm³/mol. The second-order valence-corrected chi connectivity index (χ2v) is 6.12. The largest absolute Gasteiger partial charge is 0.295 e. The lowest BCUT2D eigenvalue weighted by molar-refractivity contribution is 0.102. The van der Waals surface area contributed by atoms with Crippen LogP contribution in [-0.4, -0.2) is 31.1 Å². The number of nitrogens with one attached hydrogen (secondary N) is 1. The van der Waals surface area contributed by atoms with Gasteiger partial charge in [0.15, 0.2) is 5.69 Å². The van der Waals surface area contributed by atoms with E-state index in [2.05, 4.69) is 41.8 Å². The molecule has 9 heteroatoms. The molecular weight excluding hydrogens is 356 g/mol. The van der Waals surface area contributed by atoms with Gasteiger partial charge in [0.1, 0.15) is 5.01 Å². The quantitative estimate of drug-likeness (QED) is 0.771. The van der Waals surface area contributed by atoms with E-state index in [9.17, 15) is 4.79 Å². The number of halogens is 1. The highest BCUT2D eigenvalue weighted by Gasteiger charge is 2.14. The van der Waals surface area contributed by atoms with Gasteiger partial charge in [-0.25, -0.2) is 4.68 Å². The minimum Gasteiger partial charge on any atom is -0.295 e. The number of para-hydroxylation sites is 1. The van der Waals surface area contributed by atoms with Gasteiger partial charge in [-0.2, -0.15) is 0 Å². The molecule has 0 spiro atoms. The van der Waals surface area contributed by atoms with E-state index in [1.165, 1.54) is 16.0 Å². The molecule has 0 aliphatic heterocycles. The predicted octanol–water partition coefficient (Wildman–Crippen LogP) is 2.44. The first-order valence-corrected chi connectivity index (χ1v) is 7.53. The number of hydrogen-bond donors (Lipinski definition) is 1. The maximum absolute atomic E-state index is 12.1. The minimum absolute atomic E-state index is 0.207. The fourth-order valence-corrected chi connectivity index (χ4v) is 2.68. The first-order valence-electron chi connectivity index (χ1n) is 5.92. The van der Waals surface area contributed by atoms with Crippen LogP contribution in [0, 0.1) is 6.92 Å². The SMILES string of the molecule is Cc1nnc(NC(=O)c2cn(-c3ccccc3Br)nn2)s1. The van der Waals surface area contributed by atoms with E-state index in [1.807, 2.05) is 31.2 Å². The van der Waals surface area contributed by atoms with Gasteiger partial charge < -0.3 is 0 Å². The van der Waals surface area contributed by atoms with E-state index >= 15 is 0 Å². The summed E-state index contributed by atoms with van der Waals surface area (Å²) in [6.45, 7) is 1.82. The molecule has 2 heterocycles. The molecule has 0 saturated heterocycles. The molecule has 0 aliphatic rings. The van der Waals surface area contributed by atoms with Crippen LogP contribution in [0.2, 0.25) is 0 Å². The van der Waals surface area contributed by atoms with Crippen molar-refractivity contribution in [2.45, 2.75) is 6.92 Å². The van der Waals surface area contributed by atoms with Gasteiger partial charge in [-0.15, -0.1) is 15.3 Å². The zero-order valence-corrected chi connectivity index (χ0v) is 13.2. The number of amides is 1. The van der Waals surface area contributed by atoms with Crippen molar-refractivity contribution in [3.05, 3.63) is 45.6 Å². The lowest BCUT2D eigenvalue weighted by Gasteiger charge is -2.01. The molecule has 7 nitrogen and oxygen atoms in total. The third-order valence-corrected chi connectivity index (χ3v) is 4.00. The van der Waals surface area contributed by atoms with Gasteiger partial charge in [0.25, 0.3) is 5.91 Å². The van der Waals surface area contributed by atoms with Crippen LogP contribution < -0.4 is 5.32 Å². The van der Waals surface area contributed by atoms with Crippen LogP contribution in [-0.2, 0) is 0 Å². The van der Waals surface area contributed by atoms with Gasteiger partial charge in [-0.05, 0) is 35.0 Å². The molecular formula is C12H9BrN6OS. The zero-order valence-electron chi connectivity index (χ0n) is 10.8. The van der Waals surface area contributed by atoms with Crippen molar-refractivity contribution in [2.24, 2.45) is 0 Å². The molecule has 0 radical (unpaired) electrons. The lowest BCUT2D eigenvalue weighted by atomic mass is 10.3. The summed E-state index contributed by atoms with van der Waals surface area (Å²) in [6.07, 6.45) is 1.56. The van der Waals surface area contributed by atoms with E-state index < -0.39 is 0 Å². The molecule has 2 aromatic heterocycles. The molecule has 106 valence electrons. The van der Waals surface area contributed by atoms with E-state index in [4.69, 9.17) is 0 Å². The van der Waals surface area contributed by atoms with Gasteiger partial charge in [-0.1, -0.05) is 28.7 Å². The van der Waals surface area contributed by atoms with Crippen molar-refractivity contribution in [1.82, 2.24) is 25.2 Å². The number of aromatic nitrogens is 5. The first-order chi connectivity index (χ1) is 10.1. The number of nitrogens with zero attached hydrogens (tertiary/aromatic N) is 5. The summed E-state index contributed by atoms with van der Waals surface area (Å²) in [5.74, 6) is -0.371. The Kier molecular flexibility index (Phi) is 3.76. The zero-order chi connectivity index (χ0) is 14.8. The topological polar surface area (TPSA) is 85.6 Å². The molecule has 3 rings (SSSR count). The number of rotatable bonds is 3. The van der Waals surface area contributed by atoms with Crippen LogP contribution in [0.3, 0.4) is 0 Å². The molecule has 0 aliphatic carbocycles. The van der Waals surface area contributed by atoms with Gasteiger partial charge in [0, 0.05) is 4.47 Å². The molecule has 1 aromatic carbocycles. The maximum atomic E-state index is 12.1. The van der Waals surface area contributed by atoms with Crippen LogP contribution in [0.4, 0.5) is 5.13 Å². The molecule has 1 N–H and O–H groups in total. The molecule has 0 bridgehead atoms. The summed E-state index contributed by atoms with van der Waals surface area (Å²) < 4.78 is 2.39. The van der Waals surface area contributed by atoms with Crippen LogP contribution >= 0.6 is 27.3 Å². The number of anilines is 1. The Morgan fingerprint density at radius 2 is 2.10 bits per heavy atom. The standard InChI is InChI=1S/C12H9BrN6OS/c1-7-15-17-12(21-7)14-11(20)9-6-19(18-16-9)10-5-3-2-4-8(10)13/h2-6H,1H3,(H,14,17,20). The Morgan fingerprint density at radius 3 is 2.81 bits per heavy atom. The van der Waals surface area contributed by atoms with Gasteiger partial charge >= 0.3 is 0 Å². The first kappa shape index (κ1) is 13.8. The van der Waals surface area contributed by atoms with Gasteiger partial charge in [0.2, 0.25) is 5.13 Å². The normalized spacial score (nSPS) is 10.6. The molecule has 0 atom stereocenters. The van der Waals surface area contributed by atoms with Crippen LogP contribution in [0.15, 0.2) is 34.9 Å². The van der Waals surface area contributed by atoms with E-state index in [0.717, 1.165) is 15.2 Å². The van der Waals surface area contributed by atoms with Crippen LogP contribution in [0.25, 0.3) is 5.69 Å². The van der Waals surface area contributed by atoms with Crippen molar-refractivity contribution in [1.29, 1.82) is 0 Å². The summed E-state index contributed by atoms with van der Waals surface area (Å²) in [7, 11) is 0. The Balaban J connectivity index is 1.82. The van der Waals surface area contributed by atoms with E-state index in [1.54, 1.807) is 6.20 Å². The van der Waals surface area contributed by atoms with Crippen molar-refractivity contribution in [3.8, 4) is 5.69 Å². The summed E-state index contributed by atoms with van der Waals surface area (Å²) in [5, 5.41) is 19.4. The fourth-order valence-electron chi connectivity index (χ4n) is 1.63. The minimum atomic E-state index is -0.371. The fraction of sp³-hybridized carbons (Fsp3) is 0.0833. The smallest absolute Gasteiger partial charge is 0.279 e. The monoisotopic (exact) mass is 364 g/mol.